The van der Waals surface area contributed by atoms with Gasteiger partial charge in [0.1, 0.15) is 0 Å². The Morgan fingerprint density at radius 3 is 2.57 bits per heavy atom. The van der Waals surface area contributed by atoms with Crippen LogP contribution in [0.1, 0.15) is 47.8 Å². The standard InChI is InChI=1S/C18H22O2S/c1-13-11-15(5-6-16(13)18(2,3)4)17(19)20-9-7-14-8-10-21-12-14/h5-6,8,10-12H,7,9H2,1-4H3. The lowest BCUT2D eigenvalue weighted by Gasteiger charge is -2.22. The van der Waals surface area contributed by atoms with Crippen LogP contribution in [-0.2, 0) is 16.6 Å². The highest BCUT2D eigenvalue weighted by molar-refractivity contribution is 7.07. The summed E-state index contributed by atoms with van der Waals surface area (Å²) in [6.07, 6.45) is 0.772. The molecule has 0 bridgehead atoms. The van der Waals surface area contributed by atoms with E-state index in [-0.39, 0.29) is 11.4 Å². The zero-order valence-electron chi connectivity index (χ0n) is 13.1. The molecule has 0 spiro atoms. The van der Waals surface area contributed by atoms with Gasteiger partial charge in [0.15, 0.2) is 0 Å². The average Bonchev–Trinajstić information content (AvgIpc) is 2.90. The van der Waals surface area contributed by atoms with Crippen molar-refractivity contribution in [2.45, 2.75) is 39.5 Å². The molecule has 2 aromatic rings. The number of benzene rings is 1. The normalized spacial score (nSPS) is 11.4. The molecule has 0 fully saturated rings. The minimum absolute atomic E-state index is 0.0888. The van der Waals surface area contributed by atoms with Gasteiger partial charge in [0.2, 0.25) is 0 Å². The van der Waals surface area contributed by atoms with E-state index in [1.807, 2.05) is 30.5 Å². The van der Waals surface area contributed by atoms with Crippen molar-refractivity contribution in [3.63, 3.8) is 0 Å². The van der Waals surface area contributed by atoms with E-state index in [2.05, 4.69) is 32.2 Å². The fourth-order valence-corrected chi connectivity index (χ4v) is 3.12. The van der Waals surface area contributed by atoms with Crippen LogP contribution in [-0.4, -0.2) is 12.6 Å². The predicted octanol–water partition coefficient (Wildman–Crippen LogP) is 4.75. The van der Waals surface area contributed by atoms with Gasteiger partial charge in [-0.2, -0.15) is 11.3 Å². The number of hydrogen-bond acceptors (Lipinski definition) is 3. The molecular formula is C18H22O2S. The van der Waals surface area contributed by atoms with E-state index in [1.54, 1.807) is 11.3 Å². The lowest BCUT2D eigenvalue weighted by molar-refractivity contribution is 0.0509. The maximum Gasteiger partial charge on any atom is 0.338 e. The summed E-state index contributed by atoms with van der Waals surface area (Å²) in [5.41, 5.74) is 4.33. The van der Waals surface area contributed by atoms with Crippen LogP contribution in [0.15, 0.2) is 35.0 Å². The highest BCUT2D eigenvalue weighted by atomic mass is 32.1. The number of carbonyl (C=O) groups excluding carboxylic acids is 1. The fourth-order valence-electron chi connectivity index (χ4n) is 2.41. The summed E-state index contributed by atoms with van der Waals surface area (Å²) in [6.45, 7) is 8.99. The molecule has 112 valence electrons. The van der Waals surface area contributed by atoms with Gasteiger partial charge >= 0.3 is 5.97 Å². The molecule has 3 heteroatoms. The quantitative estimate of drug-likeness (QED) is 0.762. The summed E-state index contributed by atoms with van der Waals surface area (Å²) in [7, 11) is 0. The summed E-state index contributed by atoms with van der Waals surface area (Å²) in [4.78, 5) is 12.1. The highest BCUT2D eigenvalue weighted by Gasteiger charge is 2.17. The van der Waals surface area contributed by atoms with E-state index in [1.165, 1.54) is 11.1 Å². The lowest BCUT2D eigenvalue weighted by Crippen LogP contribution is -2.14. The maximum atomic E-state index is 12.1. The molecule has 0 unspecified atom stereocenters. The third kappa shape index (κ3) is 4.18. The first-order valence-corrected chi connectivity index (χ1v) is 8.11. The van der Waals surface area contributed by atoms with Gasteiger partial charge in [-0.25, -0.2) is 4.79 Å². The van der Waals surface area contributed by atoms with Crippen molar-refractivity contribution in [2.75, 3.05) is 6.61 Å². The molecule has 0 N–H and O–H groups in total. The molecule has 0 saturated heterocycles. The first-order chi connectivity index (χ1) is 9.88. The van der Waals surface area contributed by atoms with E-state index in [9.17, 15) is 4.79 Å². The topological polar surface area (TPSA) is 26.3 Å². The van der Waals surface area contributed by atoms with Crippen LogP contribution >= 0.6 is 11.3 Å². The van der Waals surface area contributed by atoms with Gasteiger partial charge in [0, 0.05) is 6.42 Å². The molecular weight excluding hydrogens is 280 g/mol. The molecule has 0 aliphatic carbocycles. The van der Waals surface area contributed by atoms with Crippen LogP contribution in [0.2, 0.25) is 0 Å². The van der Waals surface area contributed by atoms with Crippen molar-refractivity contribution in [1.29, 1.82) is 0 Å². The second-order valence-electron chi connectivity index (χ2n) is 6.30. The summed E-state index contributed by atoms with van der Waals surface area (Å²) in [5.74, 6) is -0.242. The van der Waals surface area contributed by atoms with Crippen molar-refractivity contribution < 1.29 is 9.53 Å². The van der Waals surface area contributed by atoms with Crippen LogP contribution in [0, 0.1) is 6.92 Å². The second kappa shape index (κ2) is 6.44. The summed E-state index contributed by atoms with van der Waals surface area (Å²) in [5, 5.41) is 4.11. The predicted molar refractivity (Wildman–Crippen MR) is 88.2 cm³/mol. The highest BCUT2D eigenvalue weighted by Crippen LogP contribution is 2.26. The third-order valence-corrected chi connectivity index (χ3v) is 4.21. The molecule has 2 rings (SSSR count). The maximum absolute atomic E-state index is 12.1. The molecule has 21 heavy (non-hydrogen) atoms. The Hall–Kier alpha value is -1.61. The third-order valence-electron chi connectivity index (χ3n) is 3.47. The molecule has 0 saturated carbocycles. The van der Waals surface area contributed by atoms with Gasteiger partial charge in [0.05, 0.1) is 12.2 Å². The van der Waals surface area contributed by atoms with Crippen molar-refractivity contribution in [1.82, 2.24) is 0 Å². The number of carbonyl (C=O) groups is 1. The fraction of sp³-hybridized carbons (Fsp3) is 0.389. The molecule has 1 heterocycles. The van der Waals surface area contributed by atoms with Crippen LogP contribution < -0.4 is 0 Å². The smallest absolute Gasteiger partial charge is 0.338 e. The Morgan fingerprint density at radius 1 is 1.24 bits per heavy atom. The molecule has 0 atom stereocenters. The Balaban J connectivity index is 1.98. The number of hydrogen-bond donors (Lipinski definition) is 0. The van der Waals surface area contributed by atoms with Crippen molar-refractivity contribution in [3.05, 3.63) is 57.3 Å². The van der Waals surface area contributed by atoms with E-state index >= 15 is 0 Å². The lowest BCUT2D eigenvalue weighted by atomic mass is 9.83. The van der Waals surface area contributed by atoms with Gasteiger partial charge < -0.3 is 4.74 Å². The van der Waals surface area contributed by atoms with E-state index in [0.29, 0.717) is 12.2 Å². The van der Waals surface area contributed by atoms with E-state index in [4.69, 9.17) is 4.74 Å². The number of aryl methyl sites for hydroxylation is 1. The Labute approximate surface area is 130 Å². The van der Waals surface area contributed by atoms with Crippen LogP contribution in [0.3, 0.4) is 0 Å². The van der Waals surface area contributed by atoms with Crippen molar-refractivity contribution in [2.24, 2.45) is 0 Å². The first-order valence-electron chi connectivity index (χ1n) is 7.17. The van der Waals surface area contributed by atoms with Crippen molar-refractivity contribution in [3.8, 4) is 0 Å². The Morgan fingerprint density at radius 2 is 2.00 bits per heavy atom. The van der Waals surface area contributed by atoms with Crippen LogP contribution in [0.5, 0.6) is 0 Å². The molecule has 0 aliphatic heterocycles. The summed E-state index contributed by atoms with van der Waals surface area (Å²) >= 11 is 1.66. The molecule has 0 radical (unpaired) electrons. The molecule has 2 nitrogen and oxygen atoms in total. The number of esters is 1. The Bertz CT molecular complexity index is 607. The molecule has 1 aromatic heterocycles. The van der Waals surface area contributed by atoms with Crippen LogP contribution in [0.4, 0.5) is 0 Å². The number of rotatable bonds is 4. The minimum Gasteiger partial charge on any atom is -0.462 e. The first kappa shape index (κ1) is 15.8. The number of ether oxygens (including phenoxy) is 1. The molecule has 0 aliphatic rings. The van der Waals surface area contributed by atoms with Gasteiger partial charge in [-0.05, 0) is 58.0 Å². The summed E-state index contributed by atoms with van der Waals surface area (Å²) in [6, 6.07) is 7.87. The zero-order chi connectivity index (χ0) is 15.5. The average molecular weight is 302 g/mol. The largest absolute Gasteiger partial charge is 0.462 e. The zero-order valence-corrected chi connectivity index (χ0v) is 13.9. The molecule has 0 amide bonds. The van der Waals surface area contributed by atoms with Crippen LogP contribution in [0.25, 0.3) is 0 Å². The SMILES string of the molecule is Cc1cc(C(=O)OCCc2ccsc2)ccc1C(C)(C)C. The second-order valence-corrected chi connectivity index (χ2v) is 7.08. The van der Waals surface area contributed by atoms with E-state index in [0.717, 1.165) is 12.0 Å². The monoisotopic (exact) mass is 302 g/mol. The molecule has 1 aromatic carbocycles. The summed E-state index contributed by atoms with van der Waals surface area (Å²) < 4.78 is 5.35. The van der Waals surface area contributed by atoms with Gasteiger partial charge in [-0.15, -0.1) is 0 Å². The van der Waals surface area contributed by atoms with E-state index < -0.39 is 0 Å². The van der Waals surface area contributed by atoms with Crippen molar-refractivity contribution >= 4 is 17.3 Å². The van der Waals surface area contributed by atoms with Gasteiger partial charge in [-0.1, -0.05) is 26.8 Å². The number of thiophene rings is 1. The van der Waals surface area contributed by atoms with Gasteiger partial charge in [-0.3, -0.25) is 0 Å². The Kier molecular flexibility index (Phi) is 4.84. The van der Waals surface area contributed by atoms with Gasteiger partial charge in [0.25, 0.3) is 0 Å². The minimum atomic E-state index is -0.242.